The number of hydrogen-bond acceptors (Lipinski definition) is 4. The van der Waals surface area contributed by atoms with E-state index in [1.165, 1.54) is 19.1 Å². The Hall–Kier alpha value is -2.28. The van der Waals surface area contributed by atoms with E-state index in [-0.39, 0.29) is 11.7 Å². The predicted molar refractivity (Wildman–Crippen MR) is 137 cm³/mol. The van der Waals surface area contributed by atoms with Gasteiger partial charge in [-0.3, -0.25) is 10.1 Å². The molecule has 0 saturated heterocycles. The first-order valence-corrected chi connectivity index (χ1v) is 12.8. The van der Waals surface area contributed by atoms with E-state index >= 15 is 0 Å². The molecule has 3 rings (SSSR count). The van der Waals surface area contributed by atoms with Crippen molar-refractivity contribution >= 4 is 16.7 Å². The van der Waals surface area contributed by atoms with E-state index in [1.54, 1.807) is 32.9 Å². The number of fused-ring (bicyclic) bond motifs is 1. The highest BCUT2D eigenvalue weighted by Gasteiger charge is 2.42. The molecule has 200 valence electrons. The summed E-state index contributed by atoms with van der Waals surface area (Å²) >= 11 is 0. The minimum atomic E-state index is -4.58. The molecule has 36 heavy (non-hydrogen) atoms. The standard InChI is InChI=1S/C29H40F3NO3/c1-18(26(34)36-28(5,6)7)33-25(29(30,31)32)21-9-8-20-17-24(13-10-19(20)16-21)35-23-14-11-22(12-15-23)27(2,3)4/h8-10,13,16-18,22-23,25,33H,11-12,14-15H2,1-7H3. The second-order valence-electron chi connectivity index (χ2n) is 12.1. The third kappa shape index (κ3) is 7.61. The van der Waals surface area contributed by atoms with Crippen molar-refractivity contribution < 1.29 is 27.4 Å². The lowest BCUT2D eigenvalue weighted by molar-refractivity contribution is -0.168. The van der Waals surface area contributed by atoms with Crippen molar-refractivity contribution in [1.82, 2.24) is 5.32 Å². The molecule has 2 atom stereocenters. The number of hydrogen-bond donors (Lipinski definition) is 1. The monoisotopic (exact) mass is 507 g/mol. The van der Waals surface area contributed by atoms with Crippen LogP contribution in [0, 0.1) is 11.3 Å². The number of carbonyl (C=O) groups is 1. The molecule has 0 aliphatic heterocycles. The van der Waals surface area contributed by atoms with Crippen LogP contribution in [0.4, 0.5) is 13.2 Å². The Bertz CT molecular complexity index is 1040. The molecule has 7 heteroatoms. The lowest BCUT2D eigenvalue weighted by Crippen LogP contribution is -2.45. The number of alkyl halides is 3. The normalized spacial score (nSPS) is 21.2. The molecule has 0 spiro atoms. The zero-order valence-corrected chi connectivity index (χ0v) is 22.5. The molecule has 1 aliphatic rings. The van der Waals surface area contributed by atoms with Gasteiger partial charge in [0, 0.05) is 0 Å². The molecule has 2 aromatic carbocycles. The lowest BCUT2D eigenvalue weighted by Gasteiger charge is -2.37. The van der Waals surface area contributed by atoms with Crippen molar-refractivity contribution in [3.63, 3.8) is 0 Å². The fourth-order valence-electron chi connectivity index (χ4n) is 4.82. The van der Waals surface area contributed by atoms with Gasteiger partial charge in [0.2, 0.25) is 0 Å². The number of rotatable bonds is 6. The van der Waals surface area contributed by atoms with Gasteiger partial charge in [0.05, 0.1) is 6.10 Å². The first-order chi connectivity index (χ1) is 16.5. The second-order valence-corrected chi connectivity index (χ2v) is 12.1. The maximum Gasteiger partial charge on any atom is 0.407 e. The lowest BCUT2D eigenvalue weighted by atomic mass is 9.72. The van der Waals surface area contributed by atoms with E-state index in [0.29, 0.717) is 16.7 Å². The molecule has 0 amide bonds. The van der Waals surface area contributed by atoms with E-state index < -0.39 is 29.8 Å². The molecule has 1 N–H and O–H groups in total. The topological polar surface area (TPSA) is 47.6 Å². The first-order valence-electron chi connectivity index (χ1n) is 12.8. The summed E-state index contributed by atoms with van der Waals surface area (Å²) in [7, 11) is 0. The van der Waals surface area contributed by atoms with Crippen LogP contribution >= 0.6 is 0 Å². The summed E-state index contributed by atoms with van der Waals surface area (Å²) in [5.41, 5.74) is -0.436. The molecule has 1 saturated carbocycles. The molecule has 1 aliphatic carbocycles. The first kappa shape index (κ1) is 28.3. The Labute approximate surface area is 212 Å². The van der Waals surface area contributed by atoms with E-state index in [0.717, 1.165) is 36.8 Å². The molecular weight excluding hydrogens is 467 g/mol. The van der Waals surface area contributed by atoms with E-state index in [9.17, 15) is 18.0 Å². The van der Waals surface area contributed by atoms with Crippen molar-refractivity contribution in [2.45, 2.75) is 104 Å². The average Bonchev–Trinajstić information content (AvgIpc) is 2.74. The van der Waals surface area contributed by atoms with Gasteiger partial charge in [-0.15, -0.1) is 0 Å². The Kier molecular flexibility index (Phi) is 8.33. The van der Waals surface area contributed by atoms with Gasteiger partial charge in [0.25, 0.3) is 0 Å². The number of nitrogens with one attached hydrogen (secondary N) is 1. The minimum Gasteiger partial charge on any atom is -0.490 e. The van der Waals surface area contributed by atoms with Gasteiger partial charge < -0.3 is 9.47 Å². The fraction of sp³-hybridized carbons (Fsp3) is 0.621. The zero-order chi connectivity index (χ0) is 26.9. The van der Waals surface area contributed by atoms with Crippen LogP contribution in [0.1, 0.15) is 85.8 Å². The van der Waals surface area contributed by atoms with Gasteiger partial charge in [0.15, 0.2) is 0 Å². The molecule has 1 fully saturated rings. The van der Waals surface area contributed by atoms with Crippen LogP contribution < -0.4 is 10.1 Å². The summed E-state index contributed by atoms with van der Waals surface area (Å²) < 4.78 is 53.3. The highest BCUT2D eigenvalue weighted by atomic mass is 19.4. The summed E-state index contributed by atoms with van der Waals surface area (Å²) in [4.78, 5) is 12.3. The summed E-state index contributed by atoms with van der Waals surface area (Å²) in [6.07, 6.45) is -0.133. The predicted octanol–water partition coefficient (Wildman–Crippen LogP) is 7.75. The molecular formula is C29H40F3NO3. The van der Waals surface area contributed by atoms with Gasteiger partial charge in [-0.2, -0.15) is 13.2 Å². The van der Waals surface area contributed by atoms with Crippen LogP contribution in [-0.2, 0) is 9.53 Å². The quantitative estimate of drug-likeness (QED) is 0.406. The summed E-state index contributed by atoms with van der Waals surface area (Å²) in [5.74, 6) is 0.704. The van der Waals surface area contributed by atoms with Crippen LogP contribution in [-0.4, -0.2) is 29.9 Å². The van der Waals surface area contributed by atoms with Gasteiger partial charge in [-0.1, -0.05) is 39.0 Å². The van der Waals surface area contributed by atoms with Crippen LogP contribution in [0.5, 0.6) is 5.75 Å². The summed E-state index contributed by atoms with van der Waals surface area (Å²) in [5, 5.41) is 3.90. The third-order valence-corrected chi connectivity index (χ3v) is 6.88. The second kappa shape index (κ2) is 10.6. The van der Waals surface area contributed by atoms with E-state index in [2.05, 4.69) is 26.1 Å². The van der Waals surface area contributed by atoms with Gasteiger partial charge in [-0.05, 0) is 99.2 Å². The summed E-state index contributed by atoms with van der Waals surface area (Å²) in [6, 6.07) is 7.00. The van der Waals surface area contributed by atoms with Gasteiger partial charge >= 0.3 is 12.1 Å². The maximum atomic E-state index is 14.0. The minimum absolute atomic E-state index is 0.0413. The SMILES string of the molecule is CC(NC(c1ccc2cc(OC3CCC(C(C)(C)C)CC3)ccc2c1)C(F)(F)F)C(=O)OC(C)(C)C. The highest BCUT2D eigenvalue weighted by Crippen LogP contribution is 2.39. The smallest absolute Gasteiger partial charge is 0.407 e. The number of esters is 1. The molecule has 2 unspecified atom stereocenters. The fourth-order valence-corrected chi connectivity index (χ4v) is 4.82. The molecule has 0 heterocycles. The van der Waals surface area contributed by atoms with E-state index in [4.69, 9.17) is 9.47 Å². The molecule has 0 radical (unpaired) electrons. The van der Waals surface area contributed by atoms with Crippen LogP contribution in [0.15, 0.2) is 36.4 Å². The number of halogens is 3. The van der Waals surface area contributed by atoms with Gasteiger partial charge in [0.1, 0.15) is 23.4 Å². The Morgan fingerprint density at radius 3 is 2.06 bits per heavy atom. The van der Waals surface area contributed by atoms with Crippen molar-refractivity contribution in [3.05, 3.63) is 42.0 Å². The van der Waals surface area contributed by atoms with Crippen LogP contribution in [0.3, 0.4) is 0 Å². The average molecular weight is 508 g/mol. The molecule has 2 aromatic rings. The van der Waals surface area contributed by atoms with E-state index in [1.807, 2.05) is 12.1 Å². The third-order valence-electron chi connectivity index (χ3n) is 6.88. The number of benzene rings is 2. The van der Waals surface area contributed by atoms with Crippen molar-refractivity contribution in [2.75, 3.05) is 0 Å². The van der Waals surface area contributed by atoms with Crippen LogP contribution in [0.2, 0.25) is 0 Å². The number of ether oxygens (including phenoxy) is 2. The maximum absolute atomic E-state index is 14.0. The van der Waals surface area contributed by atoms with Crippen molar-refractivity contribution in [2.24, 2.45) is 11.3 Å². The summed E-state index contributed by atoms with van der Waals surface area (Å²) in [6.45, 7) is 13.3. The largest absolute Gasteiger partial charge is 0.490 e. The van der Waals surface area contributed by atoms with Crippen molar-refractivity contribution in [3.8, 4) is 5.75 Å². The Balaban J connectivity index is 1.73. The van der Waals surface area contributed by atoms with Crippen molar-refractivity contribution in [1.29, 1.82) is 0 Å². The Morgan fingerprint density at radius 2 is 1.50 bits per heavy atom. The molecule has 0 aromatic heterocycles. The highest BCUT2D eigenvalue weighted by molar-refractivity contribution is 5.84. The molecule has 0 bridgehead atoms. The molecule has 4 nitrogen and oxygen atoms in total. The Morgan fingerprint density at radius 1 is 0.917 bits per heavy atom. The zero-order valence-electron chi connectivity index (χ0n) is 22.5. The number of carbonyl (C=O) groups excluding carboxylic acids is 1. The van der Waals surface area contributed by atoms with Crippen LogP contribution in [0.25, 0.3) is 10.8 Å². The van der Waals surface area contributed by atoms with Gasteiger partial charge in [-0.25, -0.2) is 0 Å².